The van der Waals surface area contributed by atoms with E-state index in [1.54, 1.807) is 14.0 Å². The third kappa shape index (κ3) is 2.67. The molecule has 20 heavy (non-hydrogen) atoms. The quantitative estimate of drug-likeness (QED) is 0.878. The first-order chi connectivity index (χ1) is 9.43. The first-order valence-electron chi connectivity index (χ1n) is 6.01. The zero-order valence-electron chi connectivity index (χ0n) is 11.3. The molecule has 0 amide bonds. The molecule has 0 bridgehead atoms. The van der Waals surface area contributed by atoms with Crippen molar-refractivity contribution in [1.82, 2.24) is 14.8 Å². The van der Waals surface area contributed by atoms with E-state index >= 15 is 0 Å². The Kier molecular flexibility index (Phi) is 4.08. The highest BCUT2D eigenvalue weighted by Gasteiger charge is 2.18. The van der Waals surface area contributed by atoms with Crippen LogP contribution in [0.15, 0.2) is 17.3 Å². The van der Waals surface area contributed by atoms with Crippen molar-refractivity contribution in [3.05, 3.63) is 29.1 Å². The lowest BCUT2D eigenvalue weighted by atomic mass is 10.0. The van der Waals surface area contributed by atoms with Gasteiger partial charge in [-0.2, -0.15) is 0 Å². The van der Waals surface area contributed by atoms with Crippen LogP contribution in [-0.4, -0.2) is 31.6 Å². The Balaban J connectivity index is 2.57. The minimum atomic E-state index is -1.09. The molecule has 5 nitrogen and oxygen atoms in total. The standard InChI is InChI=1S/C13H14FN3O2S/c1-4-20-13-15-11(17(3)16-13)9-6-8(12(18)19)7(2)5-10(9)14/h5-6H,4H2,1-3H3,(H,18,19). The van der Waals surface area contributed by atoms with Gasteiger partial charge >= 0.3 is 5.97 Å². The maximum atomic E-state index is 14.1. The van der Waals surface area contributed by atoms with Crippen LogP contribution in [0.3, 0.4) is 0 Å². The molecule has 0 radical (unpaired) electrons. The largest absolute Gasteiger partial charge is 0.478 e. The van der Waals surface area contributed by atoms with Crippen LogP contribution in [0.2, 0.25) is 0 Å². The molecule has 1 aromatic heterocycles. The highest BCUT2D eigenvalue weighted by molar-refractivity contribution is 7.99. The number of carboxylic acids is 1. The fourth-order valence-corrected chi connectivity index (χ4v) is 2.45. The summed E-state index contributed by atoms with van der Waals surface area (Å²) >= 11 is 1.44. The van der Waals surface area contributed by atoms with Gasteiger partial charge in [0.1, 0.15) is 5.82 Å². The molecule has 2 rings (SSSR count). The lowest BCUT2D eigenvalue weighted by Gasteiger charge is -2.06. The van der Waals surface area contributed by atoms with Gasteiger partial charge in [0.2, 0.25) is 5.16 Å². The third-order valence-electron chi connectivity index (χ3n) is 2.80. The normalized spacial score (nSPS) is 10.8. The van der Waals surface area contributed by atoms with Crippen molar-refractivity contribution in [1.29, 1.82) is 0 Å². The third-order valence-corrected chi connectivity index (χ3v) is 3.52. The maximum Gasteiger partial charge on any atom is 0.335 e. The molecule has 1 aromatic carbocycles. The Bertz CT molecular complexity index is 670. The molecule has 0 atom stereocenters. The fraction of sp³-hybridized carbons (Fsp3) is 0.308. The van der Waals surface area contributed by atoms with Crippen molar-refractivity contribution in [2.24, 2.45) is 7.05 Å². The van der Waals surface area contributed by atoms with Crippen LogP contribution in [-0.2, 0) is 7.05 Å². The summed E-state index contributed by atoms with van der Waals surface area (Å²) < 4.78 is 15.5. The van der Waals surface area contributed by atoms with Crippen LogP contribution in [0.5, 0.6) is 0 Å². The Labute approximate surface area is 119 Å². The number of aromatic nitrogens is 3. The number of aryl methyl sites for hydroxylation is 2. The maximum absolute atomic E-state index is 14.1. The van der Waals surface area contributed by atoms with Gasteiger partial charge in [-0.1, -0.05) is 18.7 Å². The Hall–Kier alpha value is -1.89. The Morgan fingerprint density at radius 1 is 1.50 bits per heavy atom. The van der Waals surface area contributed by atoms with Crippen molar-refractivity contribution >= 4 is 17.7 Å². The van der Waals surface area contributed by atoms with Crippen molar-refractivity contribution in [2.75, 3.05) is 5.75 Å². The van der Waals surface area contributed by atoms with Gasteiger partial charge in [-0.25, -0.2) is 18.9 Å². The topological polar surface area (TPSA) is 68.0 Å². The van der Waals surface area contributed by atoms with E-state index in [2.05, 4.69) is 10.1 Å². The molecule has 2 aromatic rings. The molecule has 106 valence electrons. The summed E-state index contributed by atoms with van der Waals surface area (Å²) in [7, 11) is 1.65. The van der Waals surface area contributed by atoms with Crippen LogP contribution < -0.4 is 0 Å². The van der Waals surface area contributed by atoms with E-state index in [0.717, 1.165) is 5.75 Å². The van der Waals surface area contributed by atoms with Gasteiger partial charge < -0.3 is 5.11 Å². The number of carboxylic acid groups (broad SMARTS) is 1. The SMILES string of the molecule is CCSc1nc(-c2cc(C(=O)O)c(C)cc2F)n(C)n1. The Morgan fingerprint density at radius 3 is 2.80 bits per heavy atom. The molecule has 0 spiro atoms. The summed E-state index contributed by atoms with van der Waals surface area (Å²) in [5.74, 6) is -0.466. The van der Waals surface area contributed by atoms with Crippen LogP contribution in [0.1, 0.15) is 22.8 Å². The summed E-state index contributed by atoms with van der Waals surface area (Å²) in [5.41, 5.74) is 0.587. The average molecular weight is 295 g/mol. The first-order valence-corrected chi connectivity index (χ1v) is 7.00. The number of hydrogen-bond donors (Lipinski definition) is 1. The summed E-state index contributed by atoms with van der Waals surface area (Å²) in [6.45, 7) is 3.53. The lowest BCUT2D eigenvalue weighted by Crippen LogP contribution is -2.04. The van der Waals surface area contributed by atoms with Crippen molar-refractivity contribution in [3.8, 4) is 11.4 Å². The number of nitrogens with zero attached hydrogens (tertiary/aromatic N) is 3. The van der Waals surface area contributed by atoms with E-state index in [4.69, 9.17) is 5.11 Å². The molecule has 1 heterocycles. The second kappa shape index (κ2) is 5.62. The van der Waals surface area contributed by atoms with Crippen molar-refractivity contribution < 1.29 is 14.3 Å². The average Bonchev–Trinajstić information content (AvgIpc) is 2.70. The molecule has 7 heteroatoms. The zero-order chi connectivity index (χ0) is 14.9. The lowest BCUT2D eigenvalue weighted by molar-refractivity contribution is 0.0696. The number of halogens is 1. The van der Waals surface area contributed by atoms with E-state index in [9.17, 15) is 9.18 Å². The second-order valence-corrected chi connectivity index (χ2v) is 5.46. The number of benzene rings is 1. The number of aromatic carboxylic acids is 1. The number of rotatable bonds is 4. The van der Waals surface area contributed by atoms with Gasteiger partial charge in [0.05, 0.1) is 11.1 Å². The summed E-state index contributed by atoms with van der Waals surface area (Å²) in [6, 6.07) is 2.51. The van der Waals surface area contributed by atoms with E-state index < -0.39 is 11.8 Å². The number of hydrogen-bond acceptors (Lipinski definition) is 4. The van der Waals surface area contributed by atoms with E-state index in [-0.39, 0.29) is 11.1 Å². The van der Waals surface area contributed by atoms with Gasteiger partial charge in [0, 0.05) is 7.05 Å². The molecule has 0 fully saturated rings. The summed E-state index contributed by atoms with van der Waals surface area (Å²) in [5, 5.41) is 13.8. The molecule has 0 aliphatic rings. The second-order valence-electron chi connectivity index (χ2n) is 4.23. The minimum absolute atomic E-state index is 0.0640. The molecular formula is C13H14FN3O2S. The highest BCUT2D eigenvalue weighted by atomic mass is 32.2. The van der Waals surface area contributed by atoms with Gasteiger partial charge in [-0.05, 0) is 30.4 Å². The predicted molar refractivity (Wildman–Crippen MR) is 74.5 cm³/mol. The van der Waals surface area contributed by atoms with Crippen LogP contribution >= 0.6 is 11.8 Å². The van der Waals surface area contributed by atoms with Crippen LogP contribution in [0, 0.1) is 12.7 Å². The van der Waals surface area contributed by atoms with Crippen LogP contribution in [0.4, 0.5) is 4.39 Å². The highest BCUT2D eigenvalue weighted by Crippen LogP contribution is 2.26. The minimum Gasteiger partial charge on any atom is -0.478 e. The van der Waals surface area contributed by atoms with Gasteiger partial charge in [0.15, 0.2) is 5.82 Å². The molecule has 0 aliphatic heterocycles. The van der Waals surface area contributed by atoms with Gasteiger partial charge in [-0.15, -0.1) is 5.10 Å². The first kappa shape index (κ1) is 14.5. The zero-order valence-corrected chi connectivity index (χ0v) is 12.2. The van der Waals surface area contributed by atoms with E-state index in [1.165, 1.54) is 28.6 Å². The molecule has 0 aliphatic carbocycles. The van der Waals surface area contributed by atoms with Crippen molar-refractivity contribution in [2.45, 2.75) is 19.0 Å². The number of carbonyl (C=O) groups is 1. The molecule has 0 saturated carbocycles. The van der Waals surface area contributed by atoms with Crippen molar-refractivity contribution in [3.63, 3.8) is 0 Å². The fourth-order valence-electron chi connectivity index (χ4n) is 1.86. The number of thioether (sulfide) groups is 1. The Morgan fingerprint density at radius 2 is 2.20 bits per heavy atom. The van der Waals surface area contributed by atoms with E-state index in [0.29, 0.717) is 16.5 Å². The van der Waals surface area contributed by atoms with Gasteiger partial charge in [0.25, 0.3) is 0 Å². The monoisotopic (exact) mass is 295 g/mol. The predicted octanol–water partition coefficient (Wildman–Crippen LogP) is 2.74. The summed E-state index contributed by atoms with van der Waals surface area (Å²) in [4.78, 5) is 15.4. The van der Waals surface area contributed by atoms with Gasteiger partial charge in [-0.3, -0.25) is 0 Å². The molecule has 0 saturated heterocycles. The molecule has 1 N–H and O–H groups in total. The van der Waals surface area contributed by atoms with E-state index in [1.807, 2.05) is 6.92 Å². The smallest absolute Gasteiger partial charge is 0.335 e. The summed E-state index contributed by atoms with van der Waals surface area (Å²) in [6.07, 6.45) is 0. The molecular weight excluding hydrogens is 281 g/mol. The van der Waals surface area contributed by atoms with Crippen LogP contribution in [0.25, 0.3) is 11.4 Å². The molecule has 0 unspecified atom stereocenters.